The third kappa shape index (κ3) is 5.87. The van der Waals surface area contributed by atoms with Crippen molar-refractivity contribution < 1.29 is 0 Å². The largest absolute Gasteiger partial charge is 0.311 e. The lowest BCUT2D eigenvalue weighted by molar-refractivity contribution is 0.660. The van der Waals surface area contributed by atoms with E-state index >= 15 is 0 Å². The Bertz CT molecular complexity index is 3030. The molecule has 0 N–H and O–H groups in total. The second kappa shape index (κ2) is 14.1. The van der Waals surface area contributed by atoms with Crippen LogP contribution in [0.4, 0.5) is 34.1 Å². The van der Waals surface area contributed by atoms with E-state index in [9.17, 15) is 0 Å². The smallest absolute Gasteiger partial charge is 0.0540 e. The van der Waals surface area contributed by atoms with Crippen LogP contribution in [-0.2, 0) is 5.41 Å². The summed E-state index contributed by atoms with van der Waals surface area (Å²) >= 11 is 0. The van der Waals surface area contributed by atoms with Gasteiger partial charge in [-0.1, -0.05) is 165 Å². The first-order valence-electron chi connectivity index (χ1n) is 20.9. The molecule has 60 heavy (non-hydrogen) atoms. The van der Waals surface area contributed by atoms with Gasteiger partial charge in [-0.15, -0.1) is 0 Å². The van der Waals surface area contributed by atoms with E-state index in [1.807, 2.05) is 0 Å². The molecule has 9 aromatic rings. The lowest BCUT2D eigenvalue weighted by Gasteiger charge is -2.29. The molecule has 0 amide bonds. The average molecular weight is 769 g/mol. The van der Waals surface area contributed by atoms with Gasteiger partial charge < -0.3 is 9.80 Å². The number of aryl methyl sites for hydroxylation is 1. The van der Waals surface area contributed by atoms with Gasteiger partial charge in [0.05, 0.1) is 5.69 Å². The molecule has 0 saturated carbocycles. The van der Waals surface area contributed by atoms with Gasteiger partial charge >= 0.3 is 0 Å². The minimum absolute atomic E-state index is 0.187. The molecule has 0 bridgehead atoms. The first-order chi connectivity index (χ1) is 29.4. The number of nitrogens with zero attached hydrogens (tertiary/aromatic N) is 2. The van der Waals surface area contributed by atoms with Gasteiger partial charge in [0.25, 0.3) is 0 Å². The molecule has 0 spiro atoms. The molecule has 0 aliphatic heterocycles. The third-order valence-electron chi connectivity index (χ3n) is 12.6. The molecule has 0 unspecified atom stereocenters. The summed E-state index contributed by atoms with van der Waals surface area (Å²) < 4.78 is 0. The molecule has 11 rings (SSSR count). The third-order valence-corrected chi connectivity index (χ3v) is 12.6. The molecule has 2 heteroatoms. The van der Waals surface area contributed by atoms with E-state index in [1.165, 1.54) is 72.1 Å². The zero-order chi connectivity index (χ0) is 40.4. The summed E-state index contributed by atoms with van der Waals surface area (Å²) in [4.78, 5) is 4.76. The van der Waals surface area contributed by atoms with Crippen LogP contribution < -0.4 is 9.80 Å². The summed E-state index contributed by atoms with van der Waals surface area (Å²) in [5, 5.41) is 2.60. The molecule has 9 aromatic carbocycles. The topological polar surface area (TPSA) is 6.48 Å². The van der Waals surface area contributed by atoms with Gasteiger partial charge in [0, 0.05) is 39.2 Å². The standard InChI is InChI=1S/C58H44N2/c1-39-21-28-45(29-22-39)60(56-36-35-52-48-18-11-10-17-47(48)51-19-12-20-53(56)57(51)52)46-32-34-50-49-33-27-41(37-54(49)58(2,3)55(50)38-46)24-23-40-25-30-44(31-26-40)59(42-13-6-4-7-14-42)43-15-8-5-9-16-43/h4-38H,1-3H3/b24-23+. The van der Waals surface area contributed by atoms with E-state index in [0.717, 1.165) is 34.0 Å². The fourth-order valence-electron chi connectivity index (χ4n) is 9.62. The van der Waals surface area contributed by atoms with Crippen LogP contribution in [0.5, 0.6) is 0 Å². The molecule has 0 aromatic heterocycles. The SMILES string of the molecule is Cc1ccc(N(c2ccc3c(c2)C(C)(C)c2cc(/C=C/c4ccc(N(c5ccccc5)c5ccccc5)cc4)ccc2-3)c2ccc3c4c(cccc24)-c2ccccc2-3)cc1. The maximum atomic E-state index is 2.46. The highest BCUT2D eigenvalue weighted by molar-refractivity contribution is 6.19. The first-order valence-corrected chi connectivity index (χ1v) is 20.9. The van der Waals surface area contributed by atoms with Crippen LogP contribution in [0.25, 0.3) is 56.3 Å². The Morgan fingerprint density at radius 1 is 0.367 bits per heavy atom. The van der Waals surface area contributed by atoms with Gasteiger partial charge in [0.1, 0.15) is 0 Å². The Morgan fingerprint density at radius 2 is 0.850 bits per heavy atom. The second-order valence-corrected chi connectivity index (χ2v) is 16.7. The van der Waals surface area contributed by atoms with Crippen LogP contribution in [0.15, 0.2) is 200 Å². The summed E-state index contributed by atoms with van der Waals surface area (Å²) in [6.45, 7) is 6.92. The molecule has 286 valence electrons. The van der Waals surface area contributed by atoms with E-state index < -0.39 is 0 Å². The van der Waals surface area contributed by atoms with Crippen LogP contribution in [0, 0.1) is 6.92 Å². The quantitative estimate of drug-likeness (QED) is 0.142. The number of fused-ring (bicyclic) bond motifs is 6. The summed E-state index contributed by atoms with van der Waals surface area (Å²) in [6.07, 6.45) is 4.48. The number of rotatable bonds is 8. The molecule has 2 aliphatic rings. The van der Waals surface area contributed by atoms with E-state index in [1.54, 1.807) is 0 Å². The van der Waals surface area contributed by atoms with Gasteiger partial charge in [-0.05, 0) is 135 Å². The van der Waals surface area contributed by atoms with Crippen LogP contribution in [-0.4, -0.2) is 0 Å². The van der Waals surface area contributed by atoms with Gasteiger partial charge in [-0.25, -0.2) is 0 Å². The van der Waals surface area contributed by atoms with Crippen LogP contribution in [0.1, 0.15) is 41.7 Å². The molecule has 2 nitrogen and oxygen atoms in total. The van der Waals surface area contributed by atoms with Crippen molar-refractivity contribution in [3.63, 3.8) is 0 Å². The van der Waals surface area contributed by atoms with Crippen LogP contribution in [0.2, 0.25) is 0 Å². The number of para-hydroxylation sites is 2. The Morgan fingerprint density at radius 3 is 1.53 bits per heavy atom. The van der Waals surface area contributed by atoms with E-state index in [0.29, 0.717) is 0 Å². The summed E-state index contributed by atoms with van der Waals surface area (Å²) in [5.74, 6) is 0. The minimum atomic E-state index is -0.187. The van der Waals surface area contributed by atoms with Crippen molar-refractivity contribution in [1.29, 1.82) is 0 Å². The fourth-order valence-corrected chi connectivity index (χ4v) is 9.62. The summed E-state index contributed by atoms with van der Waals surface area (Å²) in [6, 6.07) is 73.2. The Hall–Kier alpha value is -7.42. The normalized spacial score (nSPS) is 13.0. The van der Waals surface area contributed by atoms with E-state index in [2.05, 4.69) is 243 Å². The monoisotopic (exact) mass is 768 g/mol. The van der Waals surface area contributed by atoms with Gasteiger partial charge in [-0.3, -0.25) is 0 Å². The number of anilines is 6. The fraction of sp³-hybridized carbons (Fsp3) is 0.0690. The summed E-state index contributed by atoms with van der Waals surface area (Å²) in [7, 11) is 0. The van der Waals surface area contributed by atoms with Crippen LogP contribution >= 0.6 is 0 Å². The van der Waals surface area contributed by atoms with Crippen molar-refractivity contribution in [3.8, 4) is 33.4 Å². The van der Waals surface area contributed by atoms with Crippen molar-refractivity contribution in [1.82, 2.24) is 0 Å². The zero-order valence-electron chi connectivity index (χ0n) is 34.1. The predicted octanol–water partition coefficient (Wildman–Crippen LogP) is 16.2. The first kappa shape index (κ1) is 35.7. The lowest BCUT2D eigenvalue weighted by atomic mass is 9.81. The highest BCUT2D eigenvalue weighted by atomic mass is 15.1. The Labute approximate surface area is 353 Å². The maximum Gasteiger partial charge on any atom is 0.0540 e. The van der Waals surface area contributed by atoms with Gasteiger partial charge in [-0.2, -0.15) is 0 Å². The Balaban J connectivity index is 0.927. The van der Waals surface area contributed by atoms with E-state index in [4.69, 9.17) is 0 Å². The molecule has 0 atom stereocenters. The molecule has 0 heterocycles. The number of hydrogen-bond acceptors (Lipinski definition) is 2. The van der Waals surface area contributed by atoms with Crippen molar-refractivity contribution in [2.45, 2.75) is 26.2 Å². The number of hydrogen-bond donors (Lipinski definition) is 0. The Kier molecular flexibility index (Phi) is 8.42. The molecular weight excluding hydrogens is 725 g/mol. The van der Waals surface area contributed by atoms with Crippen molar-refractivity contribution in [2.75, 3.05) is 9.80 Å². The minimum Gasteiger partial charge on any atom is -0.311 e. The van der Waals surface area contributed by atoms with Crippen LogP contribution in [0.3, 0.4) is 0 Å². The highest BCUT2D eigenvalue weighted by Gasteiger charge is 2.36. The molecule has 2 aliphatic carbocycles. The molecular formula is C58H44N2. The molecule has 0 fully saturated rings. The van der Waals surface area contributed by atoms with Crippen molar-refractivity contribution >= 4 is 57.0 Å². The van der Waals surface area contributed by atoms with Crippen molar-refractivity contribution in [3.05, 3.63) is 228 Å². The van der Waals surface area contributed by atoms with Gasteiger partial charge in [0.15, 0.2) is 0 Å². The zero-order valence-corrected chi connectivity index (χ0v) is 34.1. The lowest BCUT2D eigenvalue weighted by Crippen LogP contribution is -2.17. The summed E-state index contributed by atoms with van der Waals surface area (Å²) in [5.41, 5.74) is 20.9. The average Bonchev–Trinajstić information content (AvgIpc) is 3.74. The molecule has 0 radical (unpaired) electrons. The van der Waals surface area contributed by atoms with E-state index in [-0.39, 0.29) is 5.41 Å². The number of benzene rings is 9. The molecule has 0 saturated heterocycles. The van der Waals surface area contributed by atoms with Crippen molar-refractivity contribution in [2.24, 2.45) is 0 Å². The highest BCUT2D eigenvalue weighted by Crippen LogP contribution is 2.54. The van der Waals surface area contributed by atoms with Gasteiger partial charge in [0.2, 0.25) is 0 Å². The second-order valence-electron chi connectivity index (χ2n) is 16.7. The maximum absolute atomic E-state index is 2.46. The predicted molar refractivity (Wildman–Crippen MR) is 255 cm³/mol.